The number of hydrogen-bond donors (Lipinski definition) is 2. The molecule has 0 bridgehead atoms. The third-order valence-corrected chi connectivity index (χ3v) is 5.61. The average molecular weight is 482 g/mol. The van der Waals surface area contributed by atoms with Crippen LogP contribution >= 0.6 is 31.9 Å². The number of phenols is 1. The predicted molar refractivity (Wildman–Crippen MR) is 112 cm³/mol. The molecule has 1 heterocycles. The molecular weight excluding hydrogens is 460 g/mol. The molecule has 0 radical (unpaired) electrons. The largest absolute Gasteiger partial charge is 0.506 e. The fraction of sp³-hybridized carbons (Fsp3) is 0.350. The molecule has 1 aliphatic rings. The second-order valence-electron chi connectivity index (χ2n) is 6.74. The smallest absolute Gasteiger partial charge is 0.134 e. The Bertz CT molecular complexity index is 819. The Morgan fingerprint density at radius 3 is 2.50 bits per heavy atom. The van der Waals surface area contributed by atoms with Gasteiger partial charge in [-0.25, -0.2) is 0 Å². The van der Waals surface area contributed by atoms with Crippen LogP contribution in [0.2, 0.25) is 0 Å². The van der Waals surface area contributed by atoms with Crippen LogP contribution in [0.25, 0.3) is 0 Å². The van der Waals surface area contributed by atoms with Gasteiger partial charge in [0.25, 0.3) is 0 Å². The molecule has 0 saturated carbocycles. The van der Waals surface area contributed by atoms with E-state index in [1.807, 2.05) is 36.4 Å². The van der Waals surface area contributed by atoms with Crippen LogP contribution < -0.4 is 10.1 Å². The number of aromatic hydroxyl groups is 1. The van der Waals surface area contributed by atoms with Crippen molar-refractivity contribution >= 4 is 37.6 Å². The Hall–Kier alpha value is -1.37. The summed E-state index contributed by atoms with van der Waals surface area (Å²) in [4.78, 5) is 4.92. The second kappa shape index (κ2) is 8.11. The van der Waals surface area contributed by atoms with E-state index in [0.29, 0.717) is 16.8 Å². The normalized spacial score (nSPS) is 20.2. The van der Waals surface area contributed by atoms with Crippen molar-refractivity contribution in [3.8, 4) is 11.5 Å². The number of nitrogens with zero attached hydrogens (tertiary/aromatic N) is 1. The summed E-state index contributed by atoms with van der Waals surface area (Å²) in [6.45, 7) is 4.29. The lowest BCUT2D eigenvalue weighted by Crippen LogP contribution is -2.41. The standard InChI is InChI=1S/C20H22Br2N2O2/c1-11(2)20-23-17(12-4-6-14(26-3)7-5-12)10-18(24-20)15-8-13(21)9-16(22)19(15)25/h4-9,11,18,20,24-25H,10H2,1-3H3/t18-,20-/m1/s1. The van der Waals surface area contributed by atoms with Crippen molar-refractivity contribution in [2.24, 2.45) is 10.9 Å². The maximum atomic E-state index is 10.6. The molecule has 2 N–H and O–H groups in total. The van der Waals surface area contributed by atoms with E-state index in [1.54, 1.807) is 7.11 Å². The van der Waals surface area contributed by atoms with Crippen LogP contribution in [-0.2, 0) is 0 Å². The third kappa shape index (κ3) is 4.13. The summed E-state index contributed by atoms with van der Waals surface area (Å²) < 4.78 is 6.86. The molecule has 0 amide bonds. The number of benzene rings is 2. The predicted octanol–water partition coefficient (Wildman–Crippen LogP) is 5.43. The Morgan fingerprint density at radius 2 is 1.88 bits per heavy atom. The first-order valence-electron chi connectivity index (χ1n) is 8.54. The van der Waals surface area contributed by atoms with Crippen molar-refractivity contribution in [2.75, 3.05) is 7.11 Å². The zero-order valence-corrected chi connectivity index (χ0v) is 18.1. The molecule has 0 fully saturated rings. The van der Waals surface area contributed by atoms with Gasteiger partial charge in [-0.1, -0.05) is 29.8 Å². The molecular formula is C20H22Br2N2O2. The Labute approximate surface area is 170 Å². The van der Waals surface area contributed by atoms with Gasteiger partial charge in [-0.2, -0.15) is 0 Å². The molecule has 0 saturated heterocycles. The minimum Gasteiger partial charge on any atom is -0.506 e. The zero-order chi connectivity index (χ0) is 18.8. The van der Waals surface area contributed by atoms with Crippen molar-refractivity contribution in [1.29, 1.82) is 0 Å². The van der Waals surface area contributed by atoms with Crippen molar-refractivity contribution in [2.45, 2.75) is 32.5 Å². The number of phenolic OH excluding ortho intramolecular Hbond substituents is 1. The molecule has 2 aromatic rings. The molecule has 0 aromatic heterocycles. The summed E-state index contributed by atoms with van der Waals surface area (Å²) in [5.74, 6) is 1.43. The lowest BCUT2D eigenvalue weighted by molar-refractivity contribution is 0.345. The second-order valence-corrected chi connectivity index (χ2v) is 8.51. The first-order valence-corrected chi connectivity index (χ1v) is 10.1. The molecule has 4 nitrogen and oxygen atoms in total. The summed E-state index contributed by atoms with van der Waals surface area (Å²) in [7, 11) is 1.66. The van der Waals surface area contributed by atoms with Gasteiger partial charge < -0.3 is 9.84 Å². The Kier molecular flexibility index (Phi) is 6.05. The molecule has 0 aliphatic carbocycles. The summed E-state index contributed by atoms with van der Waals surface area (Å²) in [5, 5.41) is 14.1. The zero-order valence-electron chi connectivity index (χ0n) is 15.0. The molecule has 2 atom stereocenters. The van der Waals surface area contributed by atoms with Crippen molar-refractivity contribution in [3.05, 3.63) is 56.5 Å². The summed E-state index contributed by atoms with van der Waals surface area (Å²) >= 11 is 6.95. The minimum absolute atomic E-state index is 0.0111. The van der Waals surface area contributed by atoms with Crippen LogP contribution in [0.15, 0.2) is 50.3 Å². The maximum absolute atomic E-state index is 10.6. The van der Waals surface area contributed by atoms with Gasteiger partial charge in [0.2, 0.25) is 0 Å². The van der Waals surface area contributed by atoms with E-state index in [9.17, 15) is 5.11 Å². The van der Waals surface area contributed by atoms with Crippen LogP contribution in [0.3, 0.4) is 0 Å². The monoisotopic (exact) mass is 480 g/mol. The number of methoxy groups -OCH3 is 1. The number of hydrogen-bond acceptors (Lipinski definition) is 4. The molecule has 6 heteroatoms. The SMILES string of the molecule is COc1ccc(C2=N[C@@H](C(C)C)N[C@@H](c3cc(Br)cc(Br)c3O)C2)cc1. The van der Waals surface area contributed by atoms with Gasteiger partial charge in [-0.3, -0.25) is 10.3 Å². The van der Waals surface area contributed by atoms with E-state index in [-0.39, 0.29) is 18.0 Å². The van der Waals surface area contributed by atoms with Crippen LogP contribution in [-0.4, -0.2) is 24.1 Å². The number of halogens is 2. The molecule has 2 aromatic carbocycles. The molecule has 138 valence electrons. The van der Waals surface area contributed by atoms with E-state index in [1.165, 1.54) is 0 Å². The van der Waals surface area contributed by atoms with Crippen LogP contribution in [0.1, 0.15) is 37.4 Å². The van der Waals surface area contributed by atoms with Gasteiger partial charge in [0.15, 0.2) is 0 Å². The Balaban J connectivity index is 1.98. The highest BCUT2D eigenvalue weighted by atomic mass is 79.9. The van der Waals surface area contributed by atoms with Crippen molar-refractivity contribution in [1.82, 2.24) is 5.32 Å². The van der Waals surface area contributed by atoms with E-state index in [4.69, 9.17) is 9.73 Å². The number of rotatable bonds is 4. The van der Waals surface area contributed by atoms with Gasteiger partial charge >= 0.3 is 0 Å². The molecule has 0 unspecified atom stereocenters. The van der Waals surface area contributed by atoms with E-state index in [0.717, 1.165) is 27.1 Å². The van der Waals surface area contributed by atoms with E-state index < -0.39 is 0 Å². The quantitative estimate of drug-likeness (QED) is 0.611. The first-order chi connectivity index (χ1) is 12.4. The molecule has 1 aliphatic heterocycles. The summed E-state index contributed by atoms with van der Waals surface area (Å²) in [6.07, 6.45) is 0.689. The van der Waals surface area contributed by atoms with Crippen LogP contribution in [0.5, 0.6) is 11.5 Å². The van der Waals surface area contributed by atoms with Gasteiger partial charge in [-0.05, 0) is 63.8 Å². The molecule has 0 spiro atoms. The number of nitrogens with one attached hydrogen (secondary N) is 1. The van der Waals surface area contributed by atoms with Crippen molar-refractivity contribution in [3.63, 3.8) is 0 Å². The lowest BCUT2D eigenvalue weighted by atomic mass is 9.93. The topological polar surface area (TPSA) is 53.8 Å². The van der Waals surface area contributed by atoms with Gasteiger partial charge in [0, 0.05) is 28.2 Å². The van der Waals surface area contributed by atoms with Crippen LogP contribution in [0, 0.1) is 5.92 Å². The van der Waals surface area contributed by atoms with Gasteiger partial charge in [-0.15, -0.1) is 0 Å². The Morgan fingerprint density at radius 1 is 1.19 bits per heavy atom. The van der Waals surface area contributed by atoms with Gasteiger partial charge in [0.1, 0.15) is 17.7 Å². The highest BCUT2D eigenvalue weighted by Gasteiger charge is 2.29. The summed E-state index contributed by atoms with van der Waals surface area (Å²) in [5.41, 5.74) is 2.97. The minimum atomic E-state index is -0.0224. The van der Waals surface area contributed by atoms with Crippen molar-refractivity contribution < 1.29 is 9.84 Å². The lowest BCUT2D eigenvalue weighted by Gasteiger charge is -2.32. The number of aliphatic imine (C=N–C) groups is 1. The fourth-order valence-corrected chi connectivity index (χ4v) is 4.34. The van der Waals surface area contributed by atoms with E-state index >= 15 is 0 Å². The third-order valence-electron chi connectivity index (χ3n) is 4.55. The van der Waals surface area contributed by atoms with Gasteiger partial charge in [0.05, 0.1) is 11.6 Å². The first kappa shape index (κ1) is 19.4. The highest BCUT2D eigenvalue weighted by Crippen LogP contribution is 2.38. The fourth-order valence-electron chi connectivity index (χ4n) is 3.08. The number of ether oxygens (including phenoxy) is 1. The summed E-state index contributed by atoms with van der Waals surface area (Å²) in [6, 6.07) is 11.8. The maximum Gasteiger partial charge on any atom is 0.134 e. The molecule has 3 rings (SSSR count). The highest BCUT2D eigenvalue weighted by molar-refractivity contribution is 9.11. The average Bonchev–Trinajstić information content (AvgIpc) is 2.64. The van der Waals surface area contributed by atoms with E-state index in [2.05, 4.69) is 51.0 Å². The van der Waals surface area contributed by atoms with Crippen LogP contribution in [0.4, 0.5) is 0 Å². The molecule has 26 heavy (non-hydrogen) atoms.